The van der Waals surface area contributed by atoms with Crippen LogP contribution in [0.1, 0.15) is 18.4 Å². The second kappa shape index (κ2) is 5.75. The van der Waals surface area contributed by atoms with E-state index in [4.69, 9.17) is 0 Å². The van der Waals surface area contributed by atoms with Crippen LogP contribution in [0.15, 0.2) is 35.3 Å². The minimum Gasteiger partial charge on any atom is -0.338 e. The molecule has 0 aliphatic carbocycles. The first-order valence-electron chi connectivity index (χ1n) is 7.50. The van der Waals surface area contributed by atoms with E-state index in [0.29, 0.717) is 18.8 Å². The van der Waals surface area contributed by atoms with Crippen molar-refractivity contribution in [1.29, 1.82) is 0 Å². The van der Waals surface area contributed by atoms with E-state index < -0.39 is 6.03 Å². The summed E-state index contributed by atoms with van der Waals surface area (Å²) in [5.74, 6) is 0.765. The highest BCUT2D eigenvalue weighted by Crippen LogP contribution is 2.14. The van der Waals surface area contributed by atoms with Crippen LogP contribution in [-0.4, -0.2) is 31.3 Å². The lowest BCUT2D eigenvalue weighted by Gasteiger charge is -2.04. The molecular weight excluding hydrogens is 294 g/mol. The summed E-state index contributed by atoms with van der Waals surface area (Å²) in [6.07, 6.45) is 1.68. The van der Waals surface area contributed by atoms with Crippen molar-refractivity contribution in [1.82, 2.24) is 24.0 Å². The van der Waals surface area contributed by atoms with E-state index in [9.17, 15) is 9.59 Å². The first-order chi connectivity index (χ1) is 11.0. The van der Waals surface area contributed by atoms with Crippen molar-refractivity contribution < 1.29 is 4.79 Å². The summed E-state index contributed by atoms with van der Waals surface area (Å²) in [6, 6.07) is 7.40. The lowest BCUT2D eigenvalue weighted by atomic mass is 10.3. The fourth-order valence-corrected chi connectivity index (χ4v) is 2.70. The Labute approximate surface area is 133 Å². The summed E-state index contributed by atoms with van der Waals surface area (Å²) in [5.41, 5.74) is 2.13. The maximum absolute atomic E-state index is 12.5. The van der Waals surface area contributed by atoms with Crippen LogP contribution in [0.5, 0.6) is 0 Å². The molecule has 0 unspecified atom stereocenters. The molecule has 2 heterocycles. The SMILES string of the molecule is CCNC(=O)n1c(C)cn(Cc2nc3ccccc3n2C)c1=O. The summed E-state index contributed by atoms with van der Waals surface area (Å²) in [6.45, 7) is 4.34. The molecule has 1 amide bonds. The first kappa shape index (κ1) is 15.1. The lowest BCUT2D eigenvalue weighted by molar-refractivity contribution is 0.241. The van der Waals surface area contributed by atoms with Crippen LogP contribution in [-0.2, 0) is 13.6 Å². The van der Waals surface area contributed by atoms with Crippen molar-refractivity contribution in [2.45, 2.75) is 20.4 Å². The standard InChI is InChI=1S/C16H19N5O2/c1-4-17-15(22)21-11(2)9-20(16(21)23)10-14-18-12-7-5-6-8-13(12)19(14)3/h5-9H,4,10H2,1-3H3,(H,17,22). The number of aryl methyl sites for hydroxylation is 2. The van der Waals surface area contributed by atoms with E-state index in [1.807, 2.05) is 42.8 Å². The molecule has 7 heteroatoms. The van der Waals surface area contributed by atoms with Gasteiger partial charge in [0.1, 0.15) is 5.82 Å². The minimum absolute atomic E-state index is 0.317. The van der Waals surface area contributed by atoms with Gasteiger partial charge in [-0.05, 0) is 26.0 Å². The quantitative estimate of drug-likeness (QED) is 0.796. The lowest BCUT2D eigenvalue weighted by Crippen LogP contribution is -2.37. The molecule has 1 N–H and O–H groups in total. The van der Waals surface area contributed by atoms with Crippen LogP contribution in [0.25, 0.3) is 11.0 Å². The van der Waals surface area contributed by atoms with Gasteiger partial charge in [0, 0.05) is 25.5 Å². The Kier molecular flexibility index (Phi) is 3.77. The van der Waals surface area contributed by atoms with Crippen molar-refractivity contribution in [3.05, 3.63) is 52.5 Å². The second-order valence-corrected chi connectivity index (χ2v) is 5.43. The number of rotatable bonds is 3. The fourth-order valence-electron chi connectivity index (χ4n) is 2.70. The molecule has 0 fully saturated rings. The summed E-state index contributed by atoms with van der Waals surface area (Å²) >= 11 is 0. The van der Waals surface area contributed by atoms with Gasteiger partial charge in [-0.25, -0.2) is 19.1 Å². The topological polar surface area (TPSA) is 73.8 Å². The molecule has 0 bridgehead atoms. The van der Waals surface area contributed by atoms with Gasteiger partial charge in [-0.2, -0.15) is 0 Å². The fraction of sp³-hybridized carbons (Fsp3) is 0.312. The number of nitrogens with zero attached hydrogens (tertiary/aromatic N) is 4. The number of nitrogens with one attached hydrogen (secondary N) is 1. The van der Waals surface area contributed by atoms with Crippen LogP contribution >= 0.6 is 0 Å². The summed E-state index contributed by atoms with van der Waals surface area (Å²) in [5, 5.41) is 2.64. The van der Waals surface area contributed by atoms with Crippen molar-refractivity contribution in [3.8, 4) is 0 Å². The van der Waals surface area contributed by atoms with Crippen molar-refractivity contribution in [2.75, 3.05) is 6.54 Å². The molecule has 120 valence electrons. The Balaban J connectivity index is 2.00. The number of imidazole rings is 2. The average molecular weight is 313 g/mol. The minimum atomic E-state index is -0.404. The summed E-state index contributed by atoms with van der Waals surface area (Å²) in [7, 11) is 1.92. The number of hydrogen-bond acceptors (Lipinski definition) is 3. The van der Waals surface area contributed by atoms with E-state index >= 15 is 0 Å². The van der Waals surface area contributed by atoms with Crippen LogP contribution in [0, 0.1) is 6.92 Å². The molecule has 0 aliphatic heterocycles. The molecule has 0 saturated carbocycles. The Morgan fingerprint density at radius 3 is 2.74 bits per heavy atom. The van der Waals surface area contributed by atoms with Gasteiger partial charge in [0.25, 0.3) is 0 Å². The van der Waals surface area contributed by atoms with Crippen LogP contribution in [0.4, 0.5) is 4.79 Å². The third kappa shape index (κ3) is 2.54. The van der Waals surface area contributed by atoms with Gasteiger partial charge in [0.15, 0.2) is 0 Å². The van der Waals surface area contributed by atoms with Gasteiger partial charge >= 0.3 is 11.7 Å². The largest absolute Gasteiger partial charge is 0.338 e. The van der Waals surface area contributed by atoms with Crippen molar-refractivity contribution in [2.24, 2.45) is 7.05 Å². The zero-order chi connectivity index (χ0) is 16.6. The van der Waals surface area contributed by atoms with E-state index in [1.165, 1.54) is 4.57 Å². The zero-order valence-electron chi connectivity index (χ0n) is 13.4. The van der Waals surface area contributed by atoms with Gasteiger partial charge < -0.3 is 9.88 Å². The number of aromatic nitrogens is 4. The number of para-hydroxylation sites is 2. The van der Waals surface area contributed by atoms with E-state index in [0.717, 1.165) is 21.4 Å². The third-order valence-electron chi connectivity index (χ3n) is 3.85. The molecule has 0 atom stereocenters. The highest BCUT2D eigenvalue weighted by atomic mass is 16.2. The predicted molar refractivity (Wildman–Crippen MR) is 87.7 cm³/mol. The van der Waals surface area contributed by atoms with Crippen LogP contribution < -0.4 is 11.0 Å². The maximum Gasteiger partial charge on any atom is 0.337 e. The molecule has 23 heavy (non-hydrogen) atoms. The zero-order valence-corrected chi connectivity index (χ0v) is 13.4. The first-order valence-corrected chi connectivity index (χ1v) is 7.50. The third-order valence-corrected chi connectivity index (χ3v) is 3.85. The normalized spacial score (nSPS) is 11.1. The second-order valence-electron chi connectivity index (χ2n) is 5.43. The molecule has 0 aliphatic rings. The number of carbonyl (C=O) groups excluding carboxylic acids is 1. The van der Waals surface area contributed by atoms with Gasteiger partial charge in [0.05, 0.1) is 17.6 Å². The number of amides is 1. The Morgan fingerprint density at radius 1 is 1.30 bits per heavy atom. The van der Waals surface area contributed by atoms with Gasteiger partial charge in [-0.1, -0.05) is 12.1 Å². The highest BCUT2D eigenvalue weighted by Gasteiger charge is 2.16. The Hall–Kier alpha value is -2.83. The molecule has 7 nitrogen and oxygen atoms in total. The molecule has 3 rings (SSSR count). The van der Waals surface area contributed by atoms with Gasteiger partial charge in [0.2, 0.25) is 0 Å². The van der Waals surface area contributed by atoms with Crippen molar-refractivity contribution >= 4 is 17.1 Å². The monoisotopic (exact) mass is 313 g/mol. The number of carbonyl (C=O) groups is 1. The number of hydrogen-bond donors (Lipinski definition) is 1. The summed E-state index contributed by atoms with van der Waals surface area (Å²) in [4.78, 5) is 29.0. The van der Waals surface area contributed by atoms with E-state index in [1.54, 1.807) is 13.1 Å². The molecular formula is C16H19N5O2. The molecule has 0 saturated heterocycles. The molecule has 3 aromatic rings. The average Bonchev–Trinajstić information content (AvgIpc) is 2.98. The maximum atomic E-state index is 12.5. The molecule has 2 aromatic heterocycles. The summed E-state index contributed by atoms with van der Waals surface area (Å²) < 4.78 is 4.61. The van der Waals surface area contributed by atoms with Gasteiger partial charge in [-0.15, -0.1) is 0 Å². The molecule has 0 spiro atoms. The van der Waals surface area contributed by atoms with Crippen LogP contribution in [0.2, 0.25) is 0 Å². The number of fused-ring (bicyclic) bond motifs is 1. The van der Waals surface area contributed by atoms with Crippen molar-refractivity contribution in [3.63, 3.8) is 0 Å². The molecule has 0 radical (unpaired) electrons. The Bertz CT molecular complexity index is 932. The van der Waals surface area contributed by atoms with Gasteiger partial charge in [-0.3, -0.25) is 4.57 Å². The molecule has 1 aromatic carbocycles. The van der Waals surface area contributed by atoms with E-state index in [2.05, 4.69) is 10.3 Å². The smallest absolute Gasteiger partial charge is 0.337 e. The Morgan fingerprint density at radius 2 is 2.04 bits per heavy atom. The number of benzene rings is 1. The van der Waals surface area contributed by atoms with E-state index in [-0.39, 0.29) is 5.69 Å². The predicted octanol–water partition coefficient (Wildman–Crippen LogP) is 1.47. The van der Waals surface area contributed by atoms with Crippen LogP contribution in [0.3, 0.4) is 0 Å². The highest BCUT2D eigenvalue weighted by molar-refractivity contribution is 5.77.